The molecule has 0 aliphatic carbocycles. The standard InChI is InChI=1S/C13H11Cl2N3OS/c14-8-3-4-11(9(16)6-8)20-7-12(19)18-10-2-1-5-17-13(10)15/h1-6H,7,16H2,(H,18,19). The van der Waals surface area contributed by atoms with Crippen molar-refractivity contribution in [2.75, 3.05) is 16.8 Å². The number of carbonyl (C=O) groups is 1. The van der Waals surface area contributed by atoms with Crippen LogP contribution >= 0.6 is 35.0 Å². The monoisotopic (exact) mass is 327 g/mol. The van der Waals surface area contributed by atoms with Crippen LogP contribution in [0.3, 0.4) is 0 Å². The molecular formula is C13H11Cl2N3OS. The second-order valence-electron chi connectivity index (χ2n) is 3.86. The first-order chi connectivity index (χ1) is 9.56. The van der Waals surface area contributed by atoms with Gasteiger partial charge in [-0.05, 0) is 30.3 Å². The van der Waals surface area contributed by atoms with E-state index < -0.39 is 0 Å². The molecule has 0 saturated heterocycles. The van der Waals surface area contributed by atoms with Crippen LogP contribution in [0.25, 0.3) is 0 Å². The lowest BCUT2D eigenvalue weighted by atomic mass is 10.3. The topological polar surface area (TPSA) is 68.0 Å². The molecular weight excluding hydrogens is 317 g/mol. The number of aromatic nitrogens is 1. The van der Waals surface area contributed by atoms with Gasteiger partial charge in [0.05, 0.1) is 11.4 Å². The van der Waals surface area contributed by atoms with Gasteiger partial charge in [-0.15, -0.1) is 11.8 Å². The van der Waals surface area contributed by atoms with E-state index in [1.807, 2.05) is 0 Å². The second-order valence-corrected chi connectivity index (χ2v) is 5.67. The van der Waals surface area contributed by atoms with Crippen molar-refractivity contribution in [3.05, 3.63) is 46.7 Å². The summed E-state index contributed by atoms with van der Waals surface area (Å²) in [6.07, 6.45) is 1.56. The van der Waals surface area contributed by atoms with Crippen LogP contribution in [-0.4, -0.2) is 16.6 Å². The molecule has 0 bridgehead atoms. The summed E-state index contributed by atoms with van der Waals surface area (Å²) in [6, 6.07) is 8.56. The summed E-state index contributed by atoms with van der Waals surface area (Å²) in [5.74, 6) is 0.0381. The molecule has 1 aromatic carbocycles. The Labute approximate surface area is 130 Å². The molecule has 2 rings (SSSR count). The van der Waals surface area contributed by atoms with Crippen molar-refractivity contribution in [1.82, 2.24) is 4.98 Å². The molecule has 0 aliphatic heterocycles. The van der Waals surface area contributed by atoms with Gasteiger partial charge in [0.1, 0.15) is 0 Å². The number of halogens is 2. The predicted octanol–water partition coefficient (Wildman–Crippen LogP) is 3.70. The molecule has 0 fully saturated rings. The van der Waals surface area contributed by atoms with Crippen molar-refractivity contribution in [3.63, 3.8) is 0 Å². The van der Waals surface area contributed by atoms with E-state index in [-0.39, 0.29) is 16.8 Å². The van der Waals surface area contributed by atoms with Crippen LogP contribution in [0.1, 0.15) is 0 Å². The molecule has 4 nitrogen and oxygen atoms in total. The van der Waals surface area contributed by atoms with Crippen LogP contribution in [0, 0.1) is 0 Å². The van der Waals surface area contributed by atoms with E-state index in [9.17, 15) is 4.79 Å². The molecule has 0 atom stereocenters. The van der Waals surface area contributed by atoms with Crippen molar-refractivity contribution in [2.24, 2.45) is 0 Å². The normalized spacial score (nSPS) is 10.3. The molecule has 104 valence electrons. The first-order valence-corrected chi connectivity index (χ1v) is 7.38. The number of hydrogen-bond donors (Lipinski definition) is 2. The van der Waals surface area contributed by atoms with Gasteiger partial charge in [0, 0.05) is 21.8 Å². The Balaban J connectivity index is 1.94. The van der Waals surface area contributed by atoms with Gasteiger partial charge >= 0.3 is 0 Å². The Hall–Kier alpha value is -1.43. The number of nitrogens with zero attached hydrogens (tertiary/aromatic N) is 1. The molecule has 0 unspecified atom stereocenters. The lowest BCUT2D eigenvalue weighted by molar-refractivity contribution is -0.113. The number of nitrogen functional groups attached to an aromatic ring is 1. The van der Waals surface area contributed by atoms with Crippen molar-refractivity contribution in [3.8, 4) is 0 Å². The van der Waals surface area contributed by atoms with Gasteiger partial charge < -0.3 is 11.1 Å². The third-order valence-corrected chi connectivity index (χ3v) is 3.99. The number of hydrogen-bond acceptors (Lipinski definition) is 4. The van der Waals surface area contributed by atoms with E-state index in [0.717, 1.165) is 4.90 Å². The minimum Gasteiger partial charge on any atom is -0.398 e. The van der Waals surface area contributed by atoms with Gasteiger partial charge in [0.25, 0.3) is 0 Å². The zero-order valence-corrected chi connectivity index (χ0v) is 12.6. The highest BCUT2D eigenvalue weighted by Crippen LogP contribution is 2.28. The fourth-order valence-electron chi connectivity index (χ4n) is 1.46. The number of pyridine rings is 1. The van der Waals surface area contributed by atoms with Crippen LogP contribution in [-0.2, 0) is 4.79 Å². The Kier molecular flexibility index (Phi) is 5.11. The van der Waals surface area contributed by atoms with Crippen molar-refractivity contribution >= 4 is 52.2 Å². The highest BCUT2D eigenvalue weighted by molar-refractivity contribution is 8.00. The number of anilines is 2. The van der Waals surface area contributed by atoms with Gasteiger partial charge in [-0.1, -0.05) is 23.2 Å². The number of amides is 1. The molecule has 3 N–H and O–H groups in total. The predicted molar refractivity (Wildman–Crippen MR) is 84.5 cm³/mol. The fraction of sp³-hybridized carbons (Fsp3) is 0.0769. The number of nitrogens with one attached hydrogen (secondary N) is 1. The number of benzene rings is 1. The Morgan fingerprint density at radius 2 is 2.15 bits per heavy atom. The van der Waals surface area contributed by atoms with E-state index in [1.165, 1.54) is 11.8 Å². The van der Waals surface area contributed by atoms with Crippen LogP contribution in [0.4, 0.5) is 11.4 Å². The Bertz CT molecular complexity index is 637. The van der Waals surface area contributed by atoms with Crippen molar-refractivity contribution in [2.45, 2.75) is 4.90 Å². The maximum atomic E-state index is 11.8. The number of carbonyl (C=O) groups excluding carboxylic acids is 1. The molecule has 0 aliphatic rings. The lowest BCUT2D eigenvalue weighted by Gasteiger charge is -2.07. The van der Waals surface area contributed by atoms with E-state index in [1.54, 1.807) is 36.5 Å². The molecule has 1 aromatic heterocycles. The summed E-state index contributed by atoms with van der Waals surface area (Å²) in [4.78, 5) is 16.5. The fourth-order valence-corrected chi connectivity index (χ4v) is 2.56. The third-order valence-electron chi connectivity index (χ3n) is 2.36. The van der Waals surface area contributed by atoms with Crippen LogP contribution in [0.2, 0.25) is 10.2 Å². The van der Waals surface area contributed by atoms with Gasteiger partial charge in [0.15, 0.2) is 5.15 Å². The van der Waals surface area contributed by atoms with Gasteiger partial charge in [0.2, 0.25) is 5.91 Å². The number of thioether (sulfide) groups is 1. The summed E-state index contributed by atoms with van der Waals surface area (Å²) < 4.78 is 0. The van der Waals surface area contributed by atoms with Crippen molar-refractivity contribution in [1.29, 1.82) is 0 Å². The average molecular weight is 328 g/mol. The minimum atomic E-state index is -0.181. The average Bonchev–Trinajstić information content (AvgIpc) is 2.40. The Morgan fingerprint density at radius 3 is 2.85 bits per heavy atom. The highest BCUT2D eigenvalue weighted by atomic mass is 35.5. The van der Waals surface area contributed by atoms with Crippen molar-refractivity contribution < 1.29 is 4.79 Å². The van der Waals surface area contributed by atoms with Gasteiger partial charge in [-0.25, -0.2) is 4.98 Å². The molecule has 20 heavy (non-hydrogen) atoms. The third kappa shape index (κ3) is 4.03. The SMILES string of the molecule is Nc1cc(Cl)ccc1SCC(=O)Nc1cccnc1Cl. The molecule has 7 heteroatoms. The van der Waals surface area contributed by atoms with Gasteiger partial charge in [-0.2, -0.15) is 0 Å². The zero-order chi connectivity index (χ0) is 14.5. The first-order valence-electron chi connectivity index (χ1n) is 5.64. The number of nitrogens with two attached hydrogens (primary N) is 1. The summed E-state index contributed by atoms with van der Waals surface area (Å²) in [6.45, 7) is 0. The summed E-state index contributed by atoms with van der Waals surface area (Å²) in [5.41, 5.74) is 6.86. The Morgan fingerprint density at radius 1 is 1.35 bits per heavy atom. The van der Waals surface area contributed by atoms with Crippen LogP contribution < -0.4 is 11.1 Å². The summed E-state index contributed by atoms with van der Waals surface area (Å²) >= 11 is 13.0. The molecule has 0 spiro atoms. The summed E-state index contributed by atoms with van der Waals surface area (Å²) in [5, 5.41) is 3.52. The zero-order valence-electron chi connectivity index (χ0n) is 10.3. The van der Waals surface area contributed by atoms with E-state index in [4.69, 9.17) is 28.9 Å². The maximum Gasteiger partial charge on any atom is 0.234 e. The first kappa shape index (κ1) is 15.0. The number of rotatable bonds is 4. The lowest BCUT2D eigenvalue weighted by Crippen LogP contribution is -2.14. The van der Waals surface area contributed by atoms with E-state index in [2.05, 4.69) is 10.3 Å². The highest BCUT2D eigenvalue weighted by Gasteiger charge is 2.08. The molecule has 1 heterocycles. The molecule has 0 radical (unpaired) electrons. The molecule has 2 aromatic rings. The van der Waals surface area contributed by atoms with Crippen LogP contribution in [0.15, 0.2) is 41.4 Å². The van der Waals surface area contributed by atoms with Crippen LogP contribution in [0.5, 0.6) is 0 Å². The minimum absolute atomic E-state index is 0.181. The van der Waals surface area contributed by atoms with Gasteiger partial charge in [-0.3, -0.25) is 4.79 Å². The largest absolute Gasteiger partial charge is 0.398 e. The summed E-state index contributed by atoms with van der Waals surface area (Å²) in [7, 11) is 0. The van der Waals surface area contributed by atoms with E-state index in [0.29, 0.717) is 16.4 Å². The smallest absolute Gasteiger partial charge is 0.234 e. The van der Waals surface area contributed by atoms with E-state index >= 15 is 0 Å². The second kappa shape index (κ2) is 6.83. The molecule has 1 amide bonds. The maximum absolute atomic E-state index is 11.8. The molecule has 0 saturated carbocycles. The quantitative estimate of drug-likeness (QED) is 0.510.